The highest BCUT2D eigenvalue weighted by atomic mass is 19.4. The largest absolute Gasteiger partial charge is 0.412 e. The van der Waals surface area contributed by atoms with E-state index in [2.05, 4.69) is 6.92 Å². The molecule has 1 saturated heterocycles. The van der Waals surface area contributed by atoms with Gasteiger partial charge in [0, 0.05) is 5.92 Å². The molecule has 3 aliphatic rings. The van der Waals surface area contributed by atoms with Gasteiger partial charge in [-0.25, -0.2) is 4.39 Å². The maximum atomic E-state index is 13.5. The number of rotatable bonds is 7. The second kappa shape index (κ2) is 11.3. The van der Waals surface area contributed by atoms with Crippen LogP contribution in [0.2, 0.25) is 0 Å². The van der Waals surface area contributed by atoms with Gasteiger partial charge in [0.25, 0.3) is 0 Å². The molecule has 0 aromatic heterocycles. The molecule has 3 fully saturated rings. The lowest BCUT2D eigenvalue weighted by Gasteiger charge is -2.38. The summed E-state index contributed by atoms with van der Waals surface area (Å²) < 4.78 is 60.6. The van der Waals surface area contributed by atoms with Crippen molar-refractivity contribution in [1.82, 2.24) is 0 Å². The molecule has 30 heavy (non-hydrogen) atoms. The molecule has 2 nitrogen and oxygen atoms in total. The summed E-state index contributed by atoms with van der Waals surface area (Å²) in [7, 11) is 0. The second-order valence-electron chi connectivity index (χ2n) is 9.86. The maximum Gasteiger partial charge on any atom is 0.412 e. The average Bonchev–Trinajstić information content (AvgIpc) is 2.73. The zero-order chi connectivity index (χ0) is 21.6. The van der Waals surface area contributed by atoms with Crippen molar-refractivity contribution in [2.45, 2.75) is 96.4 Å². The van der Waals surface area contributed by atoms with E-state index in [4.69, 9.17) is 9.47 Å². The highest BCUT2D eigenvalue weighted by Crippen LogP contribution is 2.43. The Morgan fingerprint density at radius 2 is 1.23 bits per heavy atom. The van der Waals surface area contributed by atoms with Gasteiger partial charge < -0.3 is 9.47 Å². The topological polar surface area (TPSA) is 18.5 Å². The first-order chi connectivity index (χ1) is 14.3. The molecule has 0 aromatic rings. The van der Waals surface area contributed by atoms with E-state index in [0.717, 1.165) is 36.5 Å². The Morgan fingerprint density at radius 3 is 1.70 bits per heavy atom. The van der Waals surface area contributed by atoms with Gasteiger partial charge in [-0.3, -0.25) is 0 Å². The van der Waals surface area contributed by atoms with Crippen LogP contribution < -0.4 is 0 Å². The summed E-state index contributed by atoms with van der Waals surface area (Å²) in [6, 6.07) is 0. The quantitative estimate of drug-likeness (QED) is 0.384. The highest BCUT2D eigenvalue weighted by Gasteiger charge is 2.33. The molecule has 2 saturated carbocycles. The van der Waals surface area contributed by atoms with Gasteiger partial charge in [-0.1, -0.05) is 51.9 Å². The van der Waals surface area contributed by atoms with Crippen LogP contribution in [0.4, 0.5) is 17.6 Å². The third-order valence-electron chi connectivity index (χ3n) is 7.62. The van der Waals surface area contributed by atoms with Crippen molar-refractivity contribution < 1.29 is 27.0 Å². The van der Waals surface area contributed by atoms with Gasteiger partial charge in [0.1, 0.15) is 0 Å². The van der Waals surface area contributed by atoms with Crippen molar-refractivity contribution >= 4 is 0 Å². The van der Waals surface area contributed by atoms with Gasteiger partial charge in [0.2, 0.25) is 6.29 Å². The van der Waals surface area contributed by atoms with E-state index in [9.17, 15) is 17.6 Å². The monoisotopic (exact) mass is 434 g/mol. The Morgan fingerprint density at radius 1 is 0.767 bits per heavy atom. The molecule has 1 heterocycles. The number of alkyl halides is 3. The van der Waals surface area contributed by atoms with Crippen LogP contribution in [-0.4, -0.2) is 25.7 Å². The lowest BCUT2D eigenvalue weighted by Crippen LogP contribution is -2.33. The molecule has 0 radical (unpaired) electrons. The molecule has 3 rings (SSSR count). The van der Waals surface area contributed by atoms with Gasteiger partial charge in [-0.05, 0) is 55.8 Å². The van der Waals surface area contributed by atoms with Gasteiger partial charge in [0.05, 0.1) is 19.3 Å². The first-order valence-corrected chi connectivity index (χ1v) is 12.0. The Kier molecular flexibility index (Phi) is 9.06. The highest BCUT2D eigenvalue weighted by molar-refractivity contribution is 5.00. The van der Waals surface area contributed by atoms with Gasteiger partial charge in [0.15, 0.2) is 5.83 Å². The van der Waals surface area contributed by atoms with Crippen molar-refractivity contribution in [3.8, 4) is 0 Å². The summed E-state index contributed by atoms with van der Waals surface area (Å²) in [5, 5.41) is 0. The molecule has 2 aliphatic carbocycles. The fourth-order valence-electron chi connectivity index (χ4n) is 5.87. The summed E-state index contributed by atoms with van der Waals surface area (Å²) in [5.74, 6) is 2.30. The van der Waals surface area contributed by atoms with E-state index in [-0.39, 0.29) is 25.2 Å². The standard InChI is InChI=1S/C24H38F4O2/c1-2-3-17-6-10-20(11-7-17)21-12-8-18(9-13-21)4-5-19-15-29-23(30-16-19)22(25)14-24(26,27)28/h14,17-21,23H,2-13,15-16H2,1H3. The normalized spacial score (nSPS) is 36.6. The van der Waals surface area contributed by atoms with Crippen LogP contribution >= 0.6 is 0 Å². The molecule has 0 unspecified atom stereocenters. The zero-order valence-electron chi connectivity index (χ0n) is 18.3. The molecule has 174 valence electrons. The molecular formula is C24H38F4O2. The SMILES string of the molecule is CCCC1CCC(C2CCC(CCC3COC(C(F)=CC(F)(F)F)OC3)CC2)CC1. The Bertz CT molecular complexity index is 524. The number of halogens is 4. The van der Waals surface area contributed by atoms with E-state index in [1.165, 1.54) is 64.2 Å². The number of hydrogen-bond acceptors (Lipinski definition) is 2. The van der Waals surface area contributed by atoms with Crippen molar-refractivity contribution in [3.63, 3.8) is 0 Å². The van der Waals surface area contributed by atoms with Crippen LogP contribution in [0.25, 0.3) is 0 Å². The molecule has 0 spiro atoms. The molecule has 1 aliphatic heterocycles. The molecule has 0 amide bonds. The first-order valence-electron chi connectivity index (χ1n) is 12.0. The maximum absolute atomic E-state index is 13.5. The summed E-state index contributed by atoms with van der Waals surface area (Å²) >= 11 is 0. The molecule has 0 N–H and O–H groups in total. The van der Waals surface area contributed by atoms with Crippen LogP contribution in [-0.2, 0) is 9.47 Å². The van der Waals surface area contributed by atoms with Crippen LogP contribution in [0, 0.1) is 29.6 Å². The molecule has 0 atom stereocenters. The van der Waals surface area contributed by atoms with E-state index in [1.54, 1.807) is 0 Å². The number of ether oxygens (including phenoxy) is 2. The summed E-state index contributed by atoms with van der Waals surface area (Å²) in [6.07, 6.45) is 9.18. The van der Waals surface area contributed by atoms with Crippen LogP contribution in [0.3, 0.4) is 0 Å². The average molecular weight is 435 g/mol. The minimum Gasteiger partial charge on any atom is -0.346 e. The van der Waals surface area contributed by atoms with Crippen molar-refractivity contribution in [3.05, 3.63) is 11.9 Å². The van der Waals surface area contributed by atoms with Gasteiger partial charge in [-0.2, -0.15) is 13.2 Å². The van der Waals surface area contributed by atoms with Crippen molar-refractivity contribution in [2.75, 3.05) is 13.2 Å². The van der Waals surface area contributed by atoms with Gasteiger partial charge in [-0.15, -0.1) is 0 Å². The third-order valence-corrected chi connectivity index (χ3v) is 7.62. The van der Waals surface area contributed by atoms with Crippen LogP contribution in [0.15, 0.2) is 11.9 Å². The van der Waals surface area contributed by atoms with Crippen molar-refractivity contribution in [2.24, 2.45) is 29.6 Å². The lowest BCUT2D eigenvalue weighted by atomic mass is 9.68. The smallest absolute Gasteiger partial charge is 0.346 e. The second-order valence-corrected chi connectivity index (χ2v) is 9.86. The fourth-order valence-corrected chi connectivity index (χ4v) is 5.87. The van der Waals surface area contributed by atoms with E-state index in [1.807, 2.05) is 0 Å². The first kappa shape index (κ1) is 24.0. The molecule has 6 heteroatoms. The number of allylic oxidation sites excluding steroid dienone is 1. The van der Waals surface area contributed by atoms with E-state index >= 15 is 0 Å². The zero-order valence-corrected chi connectivity index (χ0v) is 18.3. The minimum absolute atomic E-state index is 0.145. The lowest BCUT2D eigenvalue weighted by molar-refractivity contribution is -0.191. The third kappa shape index (κ3) is 7.51. The number of hydrogen-bond donors (Lipinski definition) is 0. The van der Waals surface area contributed by atoms with Crippen LogP contribution in [0.5, 0.6) is 0 Å². The Labute approximate surface area is 178 Å². The summed E-state index contributed by atoms with van der Waals surface area (Å²) in [5.41, 5.74) is 0. The predicted molar refractivity (Wildman–Crippen MR) is 109 cm³/mol. The van der Waals surface area contributed by atoms with Crippen molar-refractivity contribution in [1.29, 1.82) is 0 Å². The predicted octanol–water partition coefficient (Wildman–Crippen LogP) is 7.58. The molecular weight excluding hydrogens is 396 g/mol. The van der Waals surface area contributed by atoms with E-state index in [0.29, 0.717) is 0 Å². The minimum atomic E-state index is -4.69. The molecule has 0 aromatic carbocycles. The van der Waals surface area contributed by atoms with Gasteiger partial charge >= 0.3 is 6.18 Å². The Balaban J connectivity index is 1.30. The van der Waals surface area contributed by atoms with E-state index < -0.39 is 18.3 Å². The summed E-state index contributed by atoms with van der Waals surface area (Å²) in [4.78, 5) is 0. The fraction of sp³-hybridized carbons (Fsp3) is 0.917. The molecule has 0 bridgehead atoms. The van der Waals surface area contributed by atoms with Crippen LogP contribution in [0.1, 0.15) is 84.0 Å². The Hall–Kier alpha value is -0.620. The summed E-state index contributed by atoms with van der Waals surface area (Å²) in [6.45, 7) is 2.82.